The standard InChI is InChI=1S/C11H16N4S/c1-4-12-11-14-8(2)5-15(11)6-10-9(3)13-7-16-10/h5,7H,4,6H2,1-3H3,(H,12,14). The molecular formula is C11H16N4S. The molecule has 0 saturated carbocycles. The first-order valence-corrected chi connectivity index (χ1v) is 6.25. The maximum absolute atomic E-state index is 4.45. The van der Waals surface area contributed by atoms with E-state index in [2.05, 4.69) is 33.0 Å². The van der Waals surface area contributed by atoms with E-state index in [0.29, 0.717) is 0 Å². The van der Waals surface area contributed by atoms with Crippen molar-refractivity contribution in [3.63, 3.8) is 0 Å². The largest absolute Gasteiger partial charge is 0.356 e. The molecule has 2 heterocycles. The fourth-order valence-electron chi connectivity index (χ4n) is 1.60. The molecule has 86 valence electrons. The molecule has 0 aromatic carbocycles. The van der Waals surface area contributed by atoms with Gasteiger partial charge in [-0.1, -0.05) is 0 Å². The molecule has 0 aliphatic heterocycles. The molecule has 0 unspecified atom stereocenters. The molecule has 0 radical (unpaired) electrons. The normalized spacial score (nSPS) is 10.7. The second-order valence-electron chi connectivity index (χ2n) is 3.73. The lowest BCUT2D eigenvalue weighted by Gasteiger charge is -2.07. The molecule has 4 nitrogen and oxygen atoms in total. The van der Waals surface area contributed by atoms with E-state index in [1.165, 1.54) is 4.88 Å². The lowest BCUT2D eigenvalue weighted by atomic mass is 10.4. The Morgan fingerprint density at radius 3 is 2.88 bits per heavy atom. The van der Waals surface area contributed by atoms with Crippen LogP contribution >= 0.6 is 11.3 Å². The fraction of sp³-hybridized carbons (Fsp3) is 0.455. The first kappa shape index (κ1) is 11.1. The molecule has 0 spiro atoms. The maximum atomic E-state index is 4.45. The molecule has 16 heavy (non-hydrogen) atoms. The van der Waals surface area contributed by atoms with Gasteiger partial charge in [-0.3, -0.25) is 0 Å². The number of nitrogens with zero attached hydrogens (tertiary/aromatic N) is 3. The van der Waals surface area contributed by atoms with Crippen LogP contribution in [0.25, 0.3) is 0 Å². The van der Waals surface area contributed by atoms with Gasteiger partial charge in [-0.15, -0.1) is 11.3 Å². The summed E-state index contributed by atoms with van der Waals surface area (Å²) in [4.78, 5) is 9.99. The Labute approximate surface area is 99.4 Å². The maximum Gasteiger partial charge on any atom is 0.203 e. The summed E-state index contributed by atoms with van der Waals surface area (Å²) in [5.41, 5.74) is 4.04. The summed E-state index contributed by atoms with van der Waals surface area (Å²) in [7, 11) is 0. The van der Waals surface area contributed by atoms with Crippen molar-refractivity contribution in [1.29, 1.82) is 0 Å². The van der Waals surface area contributed by atoms with Gasteiger partial charge < -0.3 is 9.88 Å². The van der Waals surface area contributed by atoms with Crippen molar-refractivity contribution in [2.45, 2.75) is 27.3 Å². The van der Waals surface area contributed by atoms with Crippen LogP contribution in [0.4, 0.5) is 5.95 Å². The van der Waals surface area contributed by atoms with Gasteiger partial charge in [0.2, 0.25) is 5.95 Å². The molecule has 5 heteroatoms. The van der Waals surface area contributed by atoms with Crippen LogP contribution in [0.2, 0.25) is 0 Å². The van der Waals surface area contributed by atoms with Crippen LogP contribution in [0.3, 0.4) is 0 Å². The smallest absolute Gasteiger partial charge is 0.203 e. The third-order valence-electron chi connectivity index (χ3n) is 2.39. The molecule has 1 N–H and O–H groups in total. The number of aromatic nitrogens is 3. The molecule has 0 bridgehead atoms. The zero-order valence-corrected chi connectivity index (χ0v) is 10.6. The summed E-state index contributed by atoms with van der Waals surface area (Å²) in [6, 6.07) is 0. The number of anilines is 1. The zero-order chi connectivity index (χ0) is 11.5. The highest BCUT2D eigenvalue weighted by Crippen LogP contribution is 2.17. The molecule has 2 aromatic rings. The van der Waals surface area contributed by atoms with Crippen LogP contribution in [0.15, 0.2) is 11.7 Å². The number of aryl methyl sites for hydroxylation is 2. The Hall–Kier alpha value is -1.36. The van der Waals surface area contributed by atoms with Gasteiger partial charge in [-0.2, -0.15) is 0 Å². The Bertz CT molecular complexity index is 472. The van der Waals surface area contributed by atoms with Crippen molar-refractivity contribution >= 4 is 17.3 Å². The van der Waals surface area contributed by atoms with Crippen LogP contribution in [-0.2, 0) is 6.54 Å². The quantitative estimate of drug-likeness (QED) is 0.886. The van der Waals surface area contributed by atoms with Gasteiger partial charge in [0.25, 0.3) is 0 Å². The van der Waals surface area contributed by atoms with Crippen molar-refractivity contribution in [3.05, 3.63) is 28.0 Å². The van der Waals surface area contributed by atoms with Gasteiger partial charge in [-0.05, 0) is 20.8 Å². The van der Waals surface area contributed by atoms with E-state index in [1.54, 1.807) is 11.3 Å². The average molecular weight is 236 g/mol. The molecule has 0 fully saturated rings. The lowest BCUT2D eigenvalue weighted by molar-refractivity contribution is 0.804. The number of hydrogen-bond acceptors (Lipinski definition) is 4. The third-order valence-corrected chi connectivity index (χ3v) is 3.31. The zero-order valence-electron chi connectivity index (χ0n) is 9.82. The molecule has 0 amide bonds. The van der Waals surface area contributed by atoms with E-state index in [-0.39, 0.29) is 0 Å². The molecule has 0 aliphatic rings. The molecule has 2 rings (SSSR count). The number of imidazole rings is 1. The minimum Gasteiger partial charge on any atom is -0.356 e. The van der Waals surface area contributed by atoms with E-state index in [1.807, 2.05) is 19.4 Å². The second kappa shape index (κ2) is 4.65. The number of thiazole rings is 1. The summed E-state index contributed by atoms with van der Waals surface area (Å²) in [5.74, 6) is 0.938. The Balaban J connectivity index is 2.23. The average Bonchev–Trinajstić information content (AvgIpc) is 2.77. The van der Waals surface area contributed by atoms with Gasteiger partial charge >= 0.3 is 0 Å². The minimum atomic E-state index is 0.847. The van der Waals surface area contributed by atoms with Crippen molar-refractivity contribution < 1.29 is 0 Å². The van der Waals surface area contributed by atoms with Gasteiger partial charge in [0, 0.05) is 17.6 Å². The van der Waals surface area contributed by atoms with Crippen LogP contribution < -0.4 is 5.32 Å². The van der Waals surface area contributed by atoms with Crippen molar-refractivity contribution in [2.24, 2.45) is 0 Å². The van der Waals surface area contributed by atoms with E-state index >= 15 is 0 Å². The van der Waals surface area contributed by atoms with Gasteiger partial charge in [0.05, 0.1) is 23.4 Å². The van der Waals surface area contributed by atoms with E-state index in [9.17, 15) is 0 Å². The Morgan fingerprint density at radius 2 is 2.25 bits per heavy atom. The van der Waals surface area contributed by atoms with E-state index < -0.39 is 0 Å². The second-order valence-corrected chi connectivity index (χ2v) is 4.66. The van der Waals surface area contributed by atoms with Crippen molar-refractivity contribution in [3.8, 4) is 0 Å². The van der Waals surface area contributed by atoms with Crippen LogP contribution in [0, 0.1) is 13.8 Å². The monoisotopic (exact) mass is 236 g/mol. The first-order valence-electron chi connectivity index (χ1n) is 5.37. The summed E-state index contributed by atoms with van der Waals surface area (Å²) in [6.45, 7) is 7.86. The van der Waals surface area contributed by atoms with Gasteiger partial charge in [0.1, 0.15) is 0 Å². The highest BCUT2D eigenvalue weighted by Gasteiger charge is 2.07. The predicted molar refractivity (Wildman–Crippen MR) is 67.1 cm³/mol. The van der Waals surface area contributed by atoms with Gasteiger partial charge in [0.15, 0.2) is 0 Å². The summed E-state index contributed by atoms with van der Waals surface area (Å²) >= 11 is 1.69. The Morgan fingerprint density at radius 1 is 1.44 bits per heavy atom. The van der Waals surface area contributed by atoms with E-state index in [4.69, 9.17) is 0 Å². The minimum absolute atomic E-state index is 0.847. The number of rotatable bonds is 4. The fourth-order valence-corrected chi connectivity index (χ4v) is 2.37. The highest BCUT2D eigenvalue weighted by atomic mass is 32.1. The molecule has 0 atom stereocenters. The molecule has 0 saturated heterocycles. The summed E-state index contributed by atoms with van der Waals surface area (Å²) in [6.07, 6.45) is 2.07. The van der Waals surface area contributed by atoms with Crippen molar-refractivity contribution in [1.82, 2.24) is 14.5 Å². The summed E-state index contributed by atoms with van der Waals surface area (Å²) < 4.78 is 2.14. The van der Waals surface area contributed by atoms with Crippen LogP contribution in [0.1, 0.15) is 23.2 Å². The van der Waals surface area contributed by atoms with Crippen LogP contribution in [-0.4, -0.2) is 21.1 Å². The third kappa shape index (κ3) is 2.24. The van der Waals surface area contributed by atoms with Gasteiger partial charge in [-0.25, -0.2) is 9.97 Å². The molecule has 2 aromatic heterocycles. The number of nitrogens with one attached hydrogen (secondary N) is 1. The topological polar surface area (TPSA) is 42.7 Å². The highest BCUT2D eigenvalue weighted by molar-refractivity contribution is 7.09. The Kier molecular flexibility index (Phi) is 3.24. The molecular weight excluding hydrogens is 220 g/mol. The first-order chi connectivity index (χ1) is 7.70. The van der Waals surface area contributed by atoms with Crippen LogP contribution in [0.5, 0.6) is 0 Å². The van der Waals surface area contributed by atoms with E-state index in [0.717, 1.165) is 30.4 Å². The lowest BCUT2D eigenvalue weighted by Crippen LogP contribution is -2.07. The SMILES string of the molecule is CCNc1nc(C)cn1Cc1scnc1C. The predicted octanol–water partition coefficient (Wildman–Crippen LogP) is 2.44. The summed E-state index contributed by atoms with van der Waals surface area (Å²) in [5, 5.41) is 3.26. The number of hydrogen-bond donors (Lipinski definition) is 1. The van der Waals surface area contributed by atoms with Crippen molar-refractivity contribution in [2.75, 3.05) is 11.9 Å². The molecule has 0 aliphatic carbocycles.